The predicted molar refractivity (Wildman–Crippen MR) is 116 cm³/mol. The molecule has 4 aliphatic carbocycles. The summed E-state index contributed by atoms with van der Waals surface area (Å²) in [5.74, 6) is 10.2. The number of hydrazine groups is 1. The van der Waals surface area contributed by atoms with Crippen LogP contribution in [0.5, 0.6) is 0 Å². The van der Waals surface area contributed by atoms with Crippen molar-refractivity contribution in [3.05, 3.63) is 11.6 Å². The second-order valence-electron chi connectivity index (χ2n) is 11.5. The van der Waals surface area contributed by atoms with E-state index in [0.29, 0.717) is 10.8 Å². The average Bonchev–Trinajstić information content (AvgIpc) is 2.99. The highest BCUT2D eigenvalue weighted by atomic mass is 16.3. The first-order valence-electron chi connectivity index (χ1n) is 12.1. The SMILES string of the molecule is C[C@H](CCCN(C)N)[C@H]1CC[C@H]2[C@@H]3CC=C4C[C@@H](O)CC[C@]4(C)[C@H]3CC[C@]12C. The standard InChI is InChI=1S/C25H44N2O/c1-17(6-5-15-27(4)26)21-9-10-22-20-8-7-18-16-19(28)11-13-24(18,2)23(20)12-14-25(21,22)3/h7,17,19-23,28H,5-6,8-16,26H2,1-4H3/t17-,19+,20+,21-,22+,23+,24+,25-/m1/s1. The minimum atomic E-state index is -0.0889. The number of rotatable bonds is 5. The van der Waals surface area contributed by atoms with Crippen molar-refractivity contribution < 1.29 is 5.11 Å². The maximum absolute atomic E-state index is 10.2. The summed E-state index contributed by atoms with van der Waals surface area (Å²) in [4.78, 5) is 0. The molecule has 3 nitrogen and oxygen atoms in total. The molecule has 3 N–H and O–H groups in total. The van der Waals surface area contributed by atoms with Gasteiger partial charge in [0.15, 0.2) is 0 Å². The maximum atomic E-state index is 10.2. The van der Waals surface area contributed by atoms with E-state index >= 15 is 0 Å². The van der Waals surface area contributed by atoms with Crippen LogP contribution < -0.4 is 5.84 Å². The van der Waals surface area contributed by atoms with Gasteiger partial charge in [-0.1, -0.05) is 32.4 Å². The number of aliphatic hydroxyl groups is 1. The van der Waals surface area contributed by atoms with Gasteiger partial charge in [0.25, 0.3) is 0 Å². The lowest BCUT2D eigenvalue weighted by Crippen LogP contribution is -2.50. The van der Waals surface area contributed by atoms with Crippen LogP contribution in [0.3, 0.4) is 0 Å². The van der Waals surface area contributed by atoms with Gasteiger partial charge >= 0.3 is 0 Å². The van der Waals surface area contributed by atoms with Crippen molar-refractivity contribution in [3.63, 3.8) is 0 Å². The number of allylic oxidation sites excluding steroid dienone is 1. The second-order valence-corrected chi connectivity index (χ2v) is 11.5. The van der Waals surface area contributed by atoms with Crippen LogP contribution in [0, 0.1) is 40.4 Å². The molecule has 0 spiro atoms. The molecule has 4 rings (SSSR count). The van der Waals surface area contributed by atoms with E-state index in [-0.39, 0.29) is 6.10 Å². The summed E-state index contributed by atoms with van der Waals surface area (Å²) in [5.41, 5.74) is 2.52. The normalized spacial score (nSPS) is 46.5. The first-order valence-corrected chi connectivity index (χ1v) is 12.1. The van der Waals surface area contributed by atoms with E-state index in [1.54, 1.807) is 5.57 Å². The Kier molecular flexibility index (Phi) is 5.74. The molecule has 0 bridgehead atoms. The molecule has 4 aliphatic rings. The fraction of sp³-hybridized carbons (Fsp3) is 0.920. The highest BCUT2D eigenvalue weighted by molar-refractivity contribution is 5.25. The van der Waals surface area contributed by atoms with Gasteiger partial charge in [0, 0.05) is 13.6 Å². The van der Waals surface area contributed by atoms with E-state index in [1.165, 1.54) is 51.4 Å². The Labute approximate surface area is 173 Å². The van der Waals surface area contributed by atoms with Gasteiger partial charge in [0.1, 0.15) is 0 Å². The molecule has 28 heavy (non-hydrogen) atoms. The van der Waals surface area contributed by atoms with Gasteiger partial charge in [0.2, 0.25) is 0 Å². The molecule has 0 heterocycles. The topological polar surface area (TPSA) is 49.5 Å². The number of nitrogens with zero attached hydrogens (tertiary/aromatic N) is 1. The van der Waals surface area contributed by atoms with E-state index in [1.807, 2.05) is 12.1 Å². The van der Waals surface area contributed by atoms with Gasteiger partial charge < -0.3 is 5.11 Å². The largest absolute Gasteiger partial charge is 0.393 e. The molecule has 0 unspecified atom stereocenters. The van der Waals surface area contributed by atoms with Crippen LogP contribution in [-0.2, 0) is 0 Å². The molecule has 0 aromatic carbocycles. The summed E-state index contributed by atoms with van der Waals surface area (Å²) in [5, 5.41) is 12.0. The Bertz CT molecular complexity index is 601. The third-order valence-corrected chi connectivity index (χ3v) is 10.0. The van der Waals surface area contributed by atoms with Crippen molar-refractivity contribution in [2.45, 2.75) is 91.1 Å². The van der Waals surface area contributed by atoms with Crippen molar-refractivity contribution >= 4 is 0 Å². The third kappa shape index (κ3) is 3.40. The van der Waals surface area contributed by atoms with Gasteiger partial charge in [-0.15, -0.1) is 0 Å². The molecule has 0 amide bonds. The lowest BCUT2D eigenvalue weighted by atomic mass is 9.47. The Balaban J connectivity index is 1.49. The fourth-order valence-corrected chi connectivity index (χ4v) is 8.48. The summed E-state index contributed by atoms with van der Waals surface area (Å²) < 4.78 is 0. The third-order valence-electron chi connectivity index (χ3n) is 10.0. The van der Waals surface area contributed by atoms with E-state index < -0.39 is 0 Å². The summed E-state index contributed by atoms with van der Waals surface area (Å²) in [6, 6.07) is 0. The lowest BCUT2D eigenvalue weighted by Gasteiger charge is -2.58. The van der Waals surface area contributed by atoms with Crippen LogP contribution in [0.2, 0.25) is 0 Å². The molecule has 3 heteroatoms. The lowest BCUT2D eigenvalue weighted by molar-refractivity contribution is -0.0573. The van der Waals surface area contributed by atoms with Crippen LogP contribution in [0.4, 0.5) is 0 Å². The molecule has 0 aromatic heterocycles. The summed E-state index contributed by atoms with van der Waals surface area (Å²) in [6.07, 6.45) is 15.2. The monoisotopic (exact) mass is 388 g/mol. The highest BCUT2D eigenvalue weighted by Crippen LogP contribution is 2.67. The van der Waals surface area contributed by atoms with Gasteiger partial charge in [0.05, 0.1) is 6.10 Å². The zero-order valence-corrected chi connectivity index (χ0v) is 18.8. The van der Waals surface area contributed by atoms with Crippen LogP contribution in [0.25, 0.3) is 0 Å². The number of hydrogen-bond donors (Lipinski definition) is 2. The quantitative estimate of drug-likeness (QED) is 0.389. The Morgan fingerprint density at radius 3 is 2.71 bits per heavy atom. The van der Waals surface area contributed by atoms with Crippen LogP contribution in [0.15, 0.2) is 11.6 Å². The fourth-order valence-electron chi connectivity index (χ4n) is 8.48. The first kappa shape index (κ1) is 20.9. The molecule has 0 aromatic rings. The smallest absolute Gasteiger partial charge is 0.0577 e. The molecule has 160 valence electrons. The first-order chi connectivity index (χ1) is 13.3. The number of fused-ring (bicyclic) bond motifs is 5. The van der Waals surface area contributed by atoms with Gasteiger partial charge in [-0.05, 0) is 105 Å². The van der Waals surface area contributed by atoms with E-state index in [0.717, 1.165) is 49.0 Å². The zero-order chi connectivity index (χ0) is 20.1. The zero-order valence-electron chi connectivity index (χ0n) is 18.8. The van der Waals surface area contributed by atoms with E-state index in [2.05, 4.69) is 26.8 Å². The minimum absolute atomic E-state index is 0.0889. The molecule has 0 aliphatic heterocycles. The Hall–Kier alpha value is -0.380. The van der Waals surface area contributed by atoms with Crippen molar-refractivity contribution in [1.29, 1.82) is 0 Å². The van der Waals surface area contributed by atoms with Gasteiger partial charge in [-0.25, -0.2) is 0 Å². The summed E-state index contributed by atoms with van der Waals surface area (Å²) in [7, 11) is 1.98. The molecule has 0 radical (unpaired) electrons. The van der Waals surface area contributed by atoms with Crippen LogP contribution in [0.1, 0.15) is 85.0 Å². The molecular formula is C25H44N2O. The maximum Gasteiger partial charge on any atom is 0.0577 e. The van der Waals surface area contributed by atoms with Crippen LogP contribution >= 0.6 is 0 Å². The summed E-state index contributed by atoms with van der Waals surface area (Å²) in [6.45, 7) is 8.73. The number of hydrogen-bond acceptors (Lipinski definition) is 3. The van der Waals surface area contributed by atoms with Gasteiger partial charge in [-0.3, -0.25) is 10.9 Å². The molecule has 8 atom stereocenters. The predicted octanol–water partition coefficient (Wildman–Crippen LogP) is 5.15. The number of aliphatic hydroxyl groups excluding tert-OH is 1. The molecule has 0 saturated heterocycles. The Morgan fingerprint density at radius 2 is 1.96 bits per heavy atom. The van der Waals surface area contributed by atoms with Gasteiger partial charge in [-0.2, -0.15) is 0 Å². The summed E-state index contributed by atoms with van der Waals surface area (Å²) >= 11 is 0. The Morgan fingerprint density at radius 1 is 1.18 bits per heavy atom. The molecule has 3 fully saturated rings. The highest BCUT2D eigenvalue weighted by Gasteiger charge is 2.59. The van der Waals surface area contributed by atoms with E-state index in [4.69, 9.17) is 5.84 Å². The minimum Gasteiger partial charge on any atom is -0.393 e. The van der Waals surface area contributed by atoms with Crippen molar-refractivity contribution in [1.82, 2.24) is 5.01 Å². The van der Waals surface area contributed by atoms with Crippen molar-refractivity contribution in [2.75, 3.05) is 13.6 Å². The van der Waals surface area contributed by atoms with Crippen LogP contribution in [-0.4, -0.2) is 29.8 Å². The molecular weight excluding hydrogens is 344 g/mol. The number of nitrogens with two attached hydrogens (primary N) is 1. The van der Waals surface area contributed by atoms with Crippen molar-refractivity contribution in [3.8, 4) is 0 Å². The van der Waals surface area contributed by atoms with E-state index in [9.17, 15) is 5.11 Å². The average molecular weight is 389 g/mol. The van der Waals surface area contributed by atoms with Crippen molar-refractivity contribution in [2.24, 2.45) is 46.3 Å². The molecule has 3 saturated carbocycles. The second kappa shape index (κ2) is 7.71.